The normalized spacial score (nSPS) is 22.9. The van der Waals surface area contributed by atoms with Crippen LogP contribution in [0, 0.1) is 5.41 Å². The number of piperidine rings is 1. The van der Waals surface area contributed by atoms with Crippen LogP contribution in [0.3, 0.4) is 0 Å². The summed E-state index contributed by atoms with van der Waals surface area (Å²) in [7, 11) is 0. The Bertz CT molecular complexity index is 805. The maximum absolute atomic E-state index is 12.6. The lowest BCUT2D eigenvalue weighted by Crippen LogP contribution is -2.45. The number of carbonyl (C=O) groups is 1. The van der Waals surface area contributed by atoms with Crippen molar-refractivity contribution in [3.8, 4) is 0 Å². The summed E-state index contributed by atoms with van der Waals surface area (Å²) in [5.74, 6) is 0.115. The number of aromatic nitrogens is 1. The van der Waals surface area contributed by atoms with Gasteiger partial charge in [-0.1, -0.05) is 36.4 Å². The van der Waals surface area contributed by atoms with Gasteiger partial charge < -0.3 is 9.80 Å². The van der Waals surface area contributed by atoms with E-state index in [4.69, 9.17) is 0 Å². The SMILES string of the molecule is O=C(/C=C/c1ccccn1)N1CCC2(CCCN(CCc3ccccc3)C2)C1. The largest absolute Gasteiger partial charge is 0.339 e. The third-order valence-electron chi connectivity index (χ3n) is 6.13. The fourth-order valence-electron chi connectivity index (χ4n) is 4.63. The standard InChI is InChI=1S/C24H29N3O/c28-23(11-10-22-9-4-5-15-25-22)27-18-14-24(20-27)13-6-16-26(19-24)17-12-21-7-2-1-3-8-21/h1-5,7-11,15H,6,12-14,16-20H2/b11-10+. The molecule has 4 rings (SSSR count). The molecule has 4 nitrogen and oxygen atoms in total. The lowest BCUT2D eigenvalue weighted by atomic mass is 9.79. The third kappa shape index (κ3) is 4.68. The molecule has 0 aliphatic carbocycles. The molecule has 1 atom stereocenters. The molecule has 4 heteroatoms. The third-order valence-corrected chi connectivity index (χ3v) is 6.13. The molecule has 2 fully saturated rings. The Morgan fingerprint density at radius 2 is 1.89 bits per heavy atom. The molecular formula is C24H29N3O. The molecule has 0 bridgehead atoms. The van der Waals surface area contributed by atoms with Crippen molar-refractivity contribution in [3.05, 3.63) is 72.1 Å². The smallest absolute Gasteiger partial charge is 0.246 e. The van der Waals surface area contributed by atoms with Crippen molar-refractivity contribution in [2.45, 2.75) is 25.7 Å². The van der Waals surface area contributed by atoms with Gasteiger partial charge in [0, 0.05) is 43.9 Å². The van der Waals surface area contributed by atoms with Crippen molar-refractivity contribution in [2.75, 3.05) is 32.7 Å². The van der Waals surface area contributed by atoms with E-state index in [1.54, 1.807) is 12.3 Å². The maximum Gasteiger partial charge on any atom is 0.246 e. The minimum atomic E-state index is 0.115. The first kappa shape index (κ1) is 18.9. The van der Waals surface area contributed by atoms with Gasteiger partial charge >= 0.3 is 0 Å². The van der Waals surface area contributed by atoms with Gasteiger partial charge in [0.25, 0.3) is 0 Å². The van der Waals surface area contributed by atoms with Crippen LogP contribution in [0.4, 0.5) is 0 Å². The number of benzene rings is 1. The molecule has 2 aromatic rings. The predicted molar refractivity (Wildman–Crippen MR) is 113 cm³/mol. The van der Waals surface area contributed by atoms with Crippen molar-refractivity contribution in [2.24, 2.45) is 5.41 Å². The van der Waals surface area contributed by atoms with Crippen LogP contribution in [0.15, 0.2) is 60.8 Å². The predicted octanol–water partition coefficient (Wildman–Crippen LogP) is 3.65. The van der Waals surface area contributed by atoms with E-state index in [1.165, 1.54) is 24.9 Å². The van der Waals surface area contributed by atoms with Crippen molar-refractivity contribution in [3.63, 3.8) is 0 Å². The number of rotatable bonds is 5. The quantitative estimate of drug-likeness (QED) is 0.749. The Labute approximate surface area is 167 Å². The zero-order valence-corrected chi connectivity index (χ0v) is 16.5. The molecule has 1 amide bonds. The van der Waals surface area contributed by atoms with Gasteiger partial charge in [0.05, 0.1) is 5.69 Å². The van der Waals surface area contributed by atoms with Gasteiger partial charge in [0.2, 0.25) is 5.91 Å². The van der Waals surface area contributed by atoms with Gasteiger partial charge in [-0.05, 0) is 56.0 Å². The number of hydrogen-bond acceptors (Lipinski definition) is 3. The van der Waals surface area contributed by atoms with Gasteiger partial charge in [-0.3, -0.25) is 9.78 Å². The molecule has 1 aromatic carbocycles. The van der Waals surface area contributed by atoms with Crippen molar-refractivity contribution < 1.29 is 4.79 Å². The van der Waals surface area contributed by atoms with Crippen LogP contribution >= 0.6 is 0 Å². The lowest BCUT2D eigenvalue weighted by Gasteiger charge is -2.40. The van der Waals surface area contributed by atoms with Crippen molar-refractivity contribution in [1.82, 2.24) is 14.8 Å². The Kier molecular flexibility index (Phi) is 5.87. The lowest BCUT2D eigenvalue weighted by molar-refractivity contribution is -0.125. The summed E-state index contributed by atoms with van der Waals surface area (Å²) < 4.78 is 0. The number of carbonyl (C=O) groups excluding carboxylic acids is 1. The Balaban J connectivity index is 1.31. The highest BCUT2D eigenvalue weighted by atomic mass is 16.2. The van der Waals surface area contributed by atoms with Gasteiger partial charge in [-0.2, -0.15) is 0 Å². The second kappa shape index (κ2) is 8.70. The summed E-state index contributed by atoms with van der Waals surface area (Å²) in [6, 6.07) is 16.5. The highest BCUT2D eigenvalue weighted by Crippen LogP contribution is 2.39. The van der Waals surface area contributed by atoms with Crippen molar-refractivity contribution in [1.29, 1.82) is 0 Å². The molecular weight excluding hydrogens is 346 g/mol. The van der Waals surface area contributed by atoms with Gasteiger partial charge in [-0.25, -0.2) is 0 Å². The second-order valence-electron chi connectivity index (χ2n) is 8.21. The van der Waals surface area contributed by atoms with Crippen LogP contribution in [0.5, 0.6) is 0 Å². The first-order chi connectivity index (χ1) is 13.7. The van der Waals surface area contributed by atoms with Gasteiger partial charge in [0.1, 0.15) is 0 Å². The highest BCUT2D eigenvalue weighted by Gasteiger charge is 2.42. The highest BCUT2D eigenvalue weighted by molar-refractivity contribution is 5.91. The van der Waals surface area contributed by atoms with Crippen LogP contribution in [0.2, 0.25) is 0 Å². The average molecular weight is 376 g/mol. The zero-order valence-electron chi connectivity index (χ0n) is 16.5. The number of amides is 1. The van der Waals surface area contributed by atoms with Crippen LogP contribution in [-0.2, 0) is 11.2 Å². The first-order valence-corrected chi connectivity index (χ1v) is 10.4. The van der Waals surface area contributed by atoms with Crippen LogP contribution in [-0.4, -0.2) is 53.4 Å². The molecule has 2 aliphatic rings. The van der Waals surface area contributed by atoms with E-state index >= 15 is 0 Å². The Morgan fingerprint density at radius 1 is 1.04 bits per heavy atom. The summed E-state index contributed by atoms with van der Waals surface area (Å²) in [4.78, 5) is 21.5. The number of hydrogen-bond donors (Lipinski definition) is 0. The minimum absolute atomic E-state index is 0.115. The molecule has 2 aliphatic heterocycles. The number of nitrogens with zero attached hydrogens (tertiary/aromatic N) is 3. The van der Waals surface area contributed by atoms with Gasteiger partial charge in [-0.15, -0.1) is 0 Å². The summed E-state index contributed by atoms with van der Waals surface area (Å²) >= 11 is 0. The minimum Gasteiger partial charge on any atom is -0.339 e. The molecule has 0 radical (unpaired) electrons. The molecule has 2 saturated heterocycles. The molecule has 146 valence electrons. The first-order valence-electron chi connectivity index (χ1n) is 10.4. The fourth-order valence-corrected chi connectivity index (χ4v) is 4.63. The van der Waals surface area contributed by atoms with E-state index in [9.17, 15) is 4.79 Å². The molecule has 28 heavy (non-hydrogen) atoms. The fraction of sp³-hybridized carbons (Fsp3) is 0.417. The summed E-state index contributed by atoms with van der Waals surface area (Å²) in [5.41, 5.74) is 2.52. The average Bonchev–Trinajstić information content (AvgIpc) is 3.15. The monoisotopic (exact) mass is 375 g/mol. The molecule has 0 N–H and O–H groups in total. The van der Waals surface area contributed by atoms with Crippen molar-refractivity contribution >= 4 is 12.0 Å². The van der Waals surface area contributed by atoms with Crippen LogP contribution in [0.25, 0.3) is 6.08 Å². The van der Waals surface area contributed by atoms with Gasteiger partial charge in [0.15, 0.2) is 0 Å². The summed E-state index contributed by atoms with van der Waals surface area (Å²) in [5, 5.41) is 0. The number of pyridine rings is 1. The Hall–Kier alpha value is -2.46. The second-order valence-corrected chi connectivity index (χ2v) is 8.21. The zero-order chi connectivity index (χ0) is 19.2. The molecule has 1 aromatic heterocycles. The van der Waals surface area contributed by atoms with Crippen LogP contribution < -0.4 is 0 Å². The van der Waals surface area contributed by atoms with E-state index in [-0.39, 0.29) is 11.3 Å². The van der Waals surface area contributed by atoms with E-state index < -0.39 is 0 Å². The topological polar surface area (TPSA) is 36.4 Å². The molecule has 0 saturated carbocycles. The van der Waals surface area contributed by atoms with E-state index in [0.717, 1.165) is 44.7 Å². The Morgan fingerprint density at radius 3 is 2.71 bits per heavy atom. The number of likely N-dealkylation sites (tertiary alicyclic amines) is 2. The summed E-state index contributed by atoms with van der Waals surface area (Å²) in [6.07, 6.45) is 9.95. The molecule has 3 heterocycles. The van der Waals surface area contributed by atoms with Crippen LogP contribution in [0.1, 0.15) is 30.5 Å². The summed E-state index contributed by atoms with van der Waals surface area (Å²) in [6.45, 7) is 5.17. The van der Waals surface area contributed by atoms with E-state index in [1.807, 2.05) is 29.2 Å². The maximum atomic E-state index is 12.6. The van der Waals surface area contributed by atoms with E-state index in [0.29, 0.717) is 0 Å². The molecule has 1 spiro atoms. The molecule has 1 unspecified atom stereocenters. The van der Waals surface area contributed by atoms with E-state index in [2.05, 4.69) is 40.2 Å².